The third kappa shape index (κ3) is 3.35. The number of aryl methyl sites for hydroxylation is 1. The topological polar surface area (TPSA) is 97.0 Å². The molecule has 2 aliphatic rings. The maximum Gasteiger partial charge on any atom is 0.274 e. The fourth-order valence-electron chi connectivity index (χ4n) is 3.57. The van der Waals surface area contributed by atoms with Gasteiger partial charge >= 0.3 is 0 Å². The maximum absolute atomic E-state index is 13.1. The van der Waals surface area contributed by atoms with E-state index in [1.165, 1.54) is 0 Å². The van der Waals surface area contributed by atoms with Gasteiger partial charge in [0, 0.05) is 31.7 Å². The smallest absolute Gasteiger partial charge is 0.274 e. The van der Waals surface area contributed by atoms with Crippen molar-refractivity contribution in [3.05, 3.63) is 27.7 Å². The van der Waals surface area contributed by atoms with Crippen LogP contribution in [0.4, 0.5) is 0 Å². The average Bonchev–Trinajstić information content (AvgIpc) is 3.29. The number of likely N-dealkylation sites (tertiary alicyclic amines) is 1. The second-order valence-electron chi connectivity index (χ2n) is 7.56. The number of hydrogen-bond acceptors (Lipinski definition) is 4. The molecule has 1 aliphatic carbocycles. The molecule has 1 saturated carbocycles. The van der Waals surface area contributed by atoms with E-state index in [0.717, 1.165) is 25.0 Å². The van der Waals surface area contributed by atoms with Crippen LogP contribution in [0.1, 0.15) is 48.2 Å². The summed E-state index contributed by atoms with van der Waals surface area (Å²) in [7, 11) is 1.75. The summed E-state index contributed by atoms with van der Waals surface area (Å²) >= 11 is 0. The number of aromatic nitrogens is 3. The van der Waals surface area contributed by atoms with E-state index in [1.54, 1.807) is 11.7 Å². The van der Waals surface area contributed by atoms with E-state index in [-0.39, 0.29) is 41.7 Å². The largest absolute Gasteiger partial charge is 0.338 e. The third-order valence-electron chi connectivity index (χ3n) is 5.40. The van der Waals surface area contributed by atoms with Gasteiger partial charge < -0.3 is 10.6 Å². The van der Waals surface area contributed by atoms with E-state index in [9.17, 15) is 9.59 Å². The predicted octanol–water partition coefficient (Wildman–Crippen LogP) is 1.79. The highest BCUT2D eigenvalue weighted by molar-refractivity contribution is 6.05. The van der Waals surface area contributed by atoms with Gasteiger partial charge in [0.1, 0.15) is 0 Å². The lowest BCUT2D eigenvalue weighted by Gasteiger charge is -2.22. The molecule has 0 spiro atoms. The second-order valence-corrected chi connectivity index (χ2v) is 7.56. The van der Waals surface area contributed by atoms with E-state index in [1.807, 2.05) is 11.0 Å². The molecule has 0 bridgehead atoms. The molecule has 0 aromatic carbocycles. The van der Waals surface area contributed by atoms with Crippen molar-refractivity contribution < 1.29 is 4.79 Å². The quantitative estimate of drug-likeness (QED) is 0.818. The Kier molecular flexibility index (Phi) is 5.75. The molecule has 9 heteroatoms. The van der Waals surface area contributed by atoms with Gasteiger partial charge in [0.25, 0.3) is 11.5 Å². The normalized spacial score (nSPS) is 22.2. The van der Waals surface area contributed by atoms with E-state index in [4.69, 9.17) is 5.73 Å². The van der Waals surface area contributed by atoms with E-state index in [0.29, 0.717) is 42.1 Å². The summed E-state index contributed by atoms with van der Waals surface area (Å²) in [6.45, 7) is 3.98. The first-order valence-electron chi connectivity index (χ1n) is 8.51. The highest BCUT2D eigenvalue weighted by Gasteiger charge is 2.37. The molecule has 2 aromatic heterocycles. The number of pyridine rings is 1. The lowest BCUT2D eigenvalue weighted by molar-refractivity contribution is 0.0778. The van der Waals surface area contributed by atoms with Gasteiger partial charge in [0.05, 0.1) is 10.9 Å². The number of carbonyl (C=O) groups excluding carboxylic acids is 1. The van der Waals surface area contributed by atoms with Crippen molar-refractivity contribution in [1.82, 2.24) is 19.7 Å². The zero-order valence-corrected chi connectivity index (χ0v) is 16.6. The number of nitrogens with two attached hydrogens (primary N) is 1. The molecular weight excluding hydrogens is 377 g/mol. The average molecular weight is 402 g/mol. The first kappa shape index (κ1) is 20.7. The Morgan fingerprint density at radius 1 is 1.42 bits per heavy atom. The van der Waals surface area contributed by atoms with Crippen molar-refractivity contribution in [3.63, 3.8) is 0 Å². The van der Waals surface area contributed by atoms with Crippen LogP contribution in [-0.2, 0) is 7.05 Å². The van der Waals surface area contributed by atoms with E-state index < -0.39 is 0 Å². The van der Waals surface area contributed by atoms with Crippen LogP contribution < -0.4 is 11.3 Å². The monoisotopic (exact) mass is 401 g/mol. The molecular formula is C17H25Cl2N5O2. The summed E-state index contributed by atoms with van der Waals surface area (Å²) in [4.78, 5) is 31.9. The molecule has 3 heterocycles. The zero-order valence-electron chi connectivity index (χ0n) is 14.9. The molecule has 7 nitrogen and oxygen atoms in total. The van der Waals surface area contributed by atoms with Gasteiger partial charge in [-0.3, -0.25) is 19.4 Å². The lowest BCUT2D eigenvalue weighted by Crippen LogP contribution is -2.35. The Hall–Kier alpha value is -1.57. The fraction of sp³-hybridized carbons (Fsp3) is 0.588. The summed E-state index contributed by atoms with van der Waals surface area (Å²) in [6.07, 6.45) is 3.09. The van der Waals surface area contributed by atoms with Gasteiger partial charge in [0.2, 0.25) is 0 Å². The van der Waals surface area contributed by atoms with Crippen molar-refractivity contribution in [3.8, 4) is 0 Å². The summed E-state index contributed by atoms with van der Waals surface area (Å²) in [5, 5.41) is 3.12. The minimum atomic E-state index is -0.258. The van der Waals surface area contributed by atoms with Gasteiger partial charge in [-0.1, -0.05) is 6.92 Å². The van der Waals surface area contributed by atoms with E-state index >= 15 is 0 Å². The molecule has 26 heavy (non-hydrogen) atoms. The number of hydrogen-bond donors (Lipinski definition) is 2. The van der Waals surface area contributed by atoms with Crippen molar-refractivity contribution >= 4 is 41.8 Å². The number of halogens is 2. The maximum atomic E-state index is 13.1. The Balaban J connectivity index is 0.00000121. The first-order chi connectivity index (χ1) is 11.4. The van der Waals surface area contributed by atoms with E-state index in [2.05, 4.69) is 17.0 Å². The number of carbonyl (C=O) groups is 1. The molecule has 1 aliphatic heterocycles. The number of nitrogens with one attached hydrogen (secondary N) is 1. The molecule has 1 unspecified atom stereocenters. The van der Waals surface area contributed by atoms with Crippen LogP contribution >= 0.6 is 24.8 Å². The highest BCUT2D eigenvalue weighted by atomic mass is 35.5. The second kappa shape index (κ2) is 7.21. The zero-order chi connectivity index (χ0) is 17.1. The SMILES string of the molecule is Cl.Cl.Cn1[nH]c(=O)c2c(C(=O)N3CCC(C)(CN)C3)cc(C3CC3)nc21. The molecule has 2 fully saturated rings. The number of rotatable bonds is 3. The molecule has 1 atom stereocenters. The van der Waals surface area contributed by atoms with Gasteiger partial charge in [-0.05, 0) is 37.3 Å². The molecule has 2 aromatic rings. The molecule has 4 rings (SSSR count). The Bertz CT molecular complexity index is 889. The van der Waals surface area contributed by atoms with Gasteiger partial charge in [-0.25, -0.2) is 4.98 Å². The van der Waals surface area contributed by atoms with Gasteiger partial charge in [0.15, 0.2) is 5.65 Å². The Labute approximate surface area is 164 Å². The first-order valence-corrected chi connectivity index (χ1v) is 8.51. The summed E-state index contributed by atoms with van der Waals surface area (Å²) in [5.74, 6) is 0.331. The van der Waals surface area contributed by atoms with Crippen LogP contribution in [0.25, 0.3) is 11.0 Å². The Morgan fingerprint density at radius 3 is 2.69 bits per heavy atom. The minimum Gasteiger partial charge on any atom is -0.338 e. The van der Waals surface area contributed by atoms with Crippen LogP contribution in [0.3, 0.4) is 0 Å². The van der Waals surface area contributed by atoms with Crippen LogP contribution in [0.5, 0.6) is 0 Å². The predicted molar refractivity (Wildman–Crippen MR) is 105 cm³/mol. The van der Waals surface area contributed by atoms with Crippen LogP contribution in [-0.4, -0.2) is 45.2 Å². The Morgan fingerprint density at radius 2 is 2.12 bits per heavy atom. The lowest BCUT2D eigenvalue weighted by atomic mass is 9.90. The standard InChI is InChI=1S/C17H23N5O2.2ClH/c1-17(8-18)5-6-22(9-17)16(24)11-7-12(10-3-4-10)19-14-13(11)15(23)20-21(14)2;;/h7,10H,3-6,8-9,18H2,1-2H3,(H,20,23);2*1H. The number of aromatic amines is 1. The van der Waals surface area contributed by atoms with Crippen molar-refractivity contribution in [1.29, 1.82) is 0 Å². The van der Waals surface area contributed by atoms with Crippen molar-refractivity contribution in [2.24, 2.45) is 18.2 Å². The van der Waals surface area contributed by atoms with Gasteiger partial charge in [-0.15, -0.1) is 24.8 Å². The summed E-state index contributed by atoms with van der Waals surface area (Å²) in [5.41, 5.74) is 7.52. The summed E-state index contributed by atoms with van der Waals surface area (Å²) < 4.78 is 1.61. The third-order valence-corrected chi connectivity index (χ3v) is 5.40. The number of fused-ring (bicyclic) bond motifs is 1. The van der Waals surface area contributed by atoms with Crippen molar-refractivity contribution in [2.75, 3.05) is 19.6 Å². The highest BCUT2D eigenvalue weighted by Crippen LogP contribution is 2.40. The minimum absolute atomic E-state index is 0. The number of nitrogens with zero attached hydrogens (tertiary/aromatic N) is 3. The molecule has 0 radical (unpaired) electrons. The summed E-state index contributed by atoms with van der Waals surface area (Å²) in [6, 6.07) is 1.83. The molecule has 144 valence electrons. The van der Waals surface area contributed by atoms with Gasteiger partial charge in [-0.2, -0.15) is 0 Å². The number of amides is 1. The molecule has 3 N–H and O–H groups in total. The molecule has 1 amide bonds. The van der Waals surface area contributed by atoms with Crippen LogP contribution in [0, 0.1) is 5.41 Å². The van der Waals surface area contributed by atoms with Crippen molar-refractivity contribution in [2.45, 2.75) is 32.1 Å². The number of H-pyrrole nitrogens is 1. The fourth-order valence-corrected chi connectivity index (χ4v) is 3.57. The van der Waals surface area contributed by atoms with Crippen LogP contribution in [0.15, 0.2) is 10.9 Å². The molecule has 1 saturated heterocycles. The van der Waals surface area contributed by atoms with Crippen LogP contribution in [0.2, 0.25) is 0 Å².